The van der Waals surface area contributed by atoms with Crippen LogP contribution in [0.2, 0.25) is 0 Å². The Kier molecular flexibility index (Phi) is 4.82. The van der Waals surface area contributed by atoms with Crippen molar-refractivity contribution in [2.24, 2.45) is 0 Å². The van der Waals surface area contributed by atoms with Crippen LogP contribution >= 0.6 is 0 Å². The number of pyridine rings is 1. The second-order valence-electron chi connectivity index (χ2n) is 6.27. The predicted octanol–water partition coefficient (Wildman–Crippen LogP) is 4.61. The van der Waals surface area contributed by atoms with E-state index in [1.54, 1.807) is 19.2 Å². The Bertz CT molecular complexity index is 1220. The van der Waals surface area contributed by atoms with Crippen molar-refractivity contribution in [3.63, 3.8) is 0 Å². The number of rotatable bonds is 4. The molecule has 0 spiro atoms. The second-order valence-corrected chi connectivity index (χ2v) is 6.27. The zero-order valence-electron chi connectivity index (χ0n) is 15.3. The van der Waals surface area contributed by atoms with Crippen LogP contribution in [-0.4, -0.2) is 20.9 Å². The molecule has 2 aromatic heterocycles. The van der Waals surface area contributed by atoms with Gasteiger partial charge in [0.15, 0.2) is 11.6 Å². The van der Waals surface area contributed by atoms with Crippen LogP contribution in [0.25, 0.3) is 10.9 Å². The van der Waals surface area contributed by atoms with E-state index in [-0.39, 0.29) is 11.5 Å². The van der Waals surface area contributed by atoms with Crippen LogP contribution in [-0.2, 0) is 0 Å². The van der Waals surface area contributed by atoms with Crippen molar-refractivity contribution in [3.05, 3.63) is 83.9 Å². The molecule has 2 aromatic carbocycles. The Hall–Kier alpha value is -3.94. The molecule has 144 valence electrons. The van der Waals surface area contributed by atoms with E-state index in [1.165, 1.54) is 12.1 Å². The van der Waals surface area contributed by atoms with Gasteiger partial charge in [-0.1, -0.05) is 18.2 Å². The Morgan fingerprint density at radius 2 is 1.79 bits per heavy atom. The van der Waals surface area contributed by atoms with Gasteiger partial charge in [0.25, 0.3) is 5.91 Å². The summed E-state index contributed by atoms with van der Waals surface area (Å²) in [6, 6.07) is 14.0. The van der Waals surface area contributed by atoms with Crippen LogP contribution in [0.1, 0.15) is 16.3 Å². The number of amides is 1. The maximum absolute atomic E-state index is 13.4. The van der Waals surface area contributed by atoms with E-state index in [0.29, 0.717) is 22.7 Å². The van der Waals surface area contributed by atoms with Gasteiger partial charge in [-0.3, -0.25) is 9.78 Å². The Labute approximate surface area is 164 Å². The minimum absolute atomic E-state index is 0.121. The molecular weight excluding hydrogens is 376 g/mol. The number of nitrogens with one attached hydrogen (secondary N) is 2. The molecular formula is C21H15F2N5O. The molecule has 0 aliphatic heterocycles. The summed E-state index contributed by atoms with van der Waals surface area (Å²) in [7, 11) is 0. The van der Waals surface area contributed by atoms with Crippen molar-refractivity contribution in [1.82, 2.24) is 15.0 Å². The first-order valence-electron chi connectivity index (χ1n) is 8.72. The van der Waals surface area contributed by atoms with Crippen LogP contribution in [0.5, 0.6) is 0 Å². The molecule has 4 aromatic rings. The highest BCUT2D eigenvalue weighted by Gasteiger charge is 2.13. The first-order chi connectivity index (χ1) is 14.0. The molecule has 2 heterocycles. The number of fused-ring (bicyclic) bond motifs is 1. The lowest BCUT2D eigenvalue weighted by Gasteiger charge is -2.10. The summed E-state index contributed by atoms with van der Waals surface area (Å²) in [6.07, 6.45) is 1.65. The summed E-state index contributed by atoms with van der Waals surface area (Å²) in [5.74, 6) is -1.74. The summed E-state index contributed by atoms with van der Waals surface area (Å²) in [4.78, 5) is 25.4. The highest BCUT2D eigenvalue weighted by Crippen LogP contribution is 2.22. The number of carbonyl (C=O) groups excluding carboxylic acids is 1. The van der Waals surface area contributed by atoms with E-state index in [0.717, 1.165) is 17.5 Å². The number of carbonyl (C=O) groups is 1. The zero-order valence-corrected chi connectivity index (χ0v) is 15.3. The summed E-state index contributed by atoms with van der Waals surface area (Å²) in [6.45, 7) is 1.63. The molecule has 0 saturated carbocycles. The minimum atomic E-state index is -0.984. The van der Waals surface area contributed by atoms with Crippen LogP contribution in [0.15, 0.2) is 60.8 Å². The van der Waals surface area contributed by atoms with Gasteiger partial charge in [0.05, 0.1) is 11.2 Å². The molecule has 0 bridgehead atoms. The largest absolute Gasteiger partial charge is 0.340 e. The third-order valence-corrected chi connectivity index (χ3v) is 4.14. The normalized spacial score (nSPS) is 10.7. The quantitative estimate of drug-likeness (QED) is 0.531. The Balaban J connectivity index is 1.61. The third-order valence-electron chi connectivity index (χ3n) is 4.14. The number of para-hydroxylation sites is 1. The van der Waals surface area contributed by atoms with E-state index in [1.807, 2.05) is 24.3 Å². The highest BCUT2D eigenvalue weighted by atomic mass is 19.2. The lowest BCUT2D eigenvalue weighted by Crippen LogP contribution is -2.15. The van der Waals surface area contributed by atoms with Crippen LogP contribution in [0, 0.1) is 18.6 Å². The highest BCUT2D eigenvalue weighted by molar-refractivity contribution is 6.07. The van der Waals surface area contributed by atoms with Crippen LogP contribution in [0.3, 0.4) is 0 Å². The van der Waals surface area contributed by atoms with Gasteiger partial charge in [-0.15, -0.1) is 0 Å². The lowest BCUT2D eigenvalue weighted by atomic mass is 10.2. The fourth-order valence-corrected chi connectivity index (χ4v) is 2.86. The van der Waals surface area contributed by atoms with E-state index in [9.17, 15) is 13.6 Å². The molecule has 4 rings (SSSR count). The molecule has 8 heteroatoms. The first-order valence-corrected chi connectivity index (χ1v) is 8.72. The van der Waals surface area contributed by atoms with E-state index in [2.05, 4.69) is 25.6 Å². The van der Waals surface area contributed by atoms with Crippen molar-refractivity contribution in [3.8, 4) is 0 Å². The van der Waals surface area contributed by atoms with Crippen molar-refractivity contribution in [2.45, 2.75) is 6.92 Å². The number of hydrogen-bond acceptors (Lipinski definition) is 5. The predicted molar refractivity (Wildman–Crippen MR) is 106 cm³/mol. The average Bonchev–Trinajstić information content (AvgIpc) is 2.70. The van der Waals surface area contributed by atoms with E-state index < -0.39 is 17.5 Å². The molecule has 0 saturated heterocycles. The molecule has 29 heavy (non-hydrogen) atoms. The van der Waals surface area contributed by atoms with Gasteiger partial charge in [-0.25, -0.2) is 18.7 Å². The van der Waals surface area contributed by atoms with Crippen molar-refractivity contribution >= 4 is 34.0 Å². The molecule has 0 unspecified atom stereocenters. The Morgan fingerprint density at radius 1 is 0.966 bits per heavy atom. The number of benzene rings is 2. The number of aromatic nitrogens is 3. The van der Waals surface area contributed by atoms with Gasteiger partial charge in [-0.2, -0.15) is 0 Å². The van der Waals surface area contributed by atoms with Crippen molar-refractivity contribution in [2.75, 3.05) is 10.6 Å². The van der Waals surface area contributed by atoms with Crippen LogP contribution < -0.4 is 10.6 Å². The molecule has 6 nitrogen and oxygen atoms in total. The smallest absolute Gasteiger partial charge is 0.274 e. The van der Waals surface area contributed by atoms with Gasteiger partial charge in [-0.05, 0) is 31.2 Å². The van der Waals surface area contributed by atoms with Gasteiger partial charge in [0, 0.05) is 29.4 Å². The summed E-state index contributed by atoms with van der Waals surface area (Å²) < 4.78 is 26.5. The van der Waals surface area contributed by atoms with Crippen molar-refractivity contribution < 1.29 is 13.6 Å². The maximum atomic E-state index is 13.4. The van der Waals surface area contributed by atoms with Gasteiger partial charge in [0.1, 0.15) is 17.3 Å². The molecule has 0 aliphatic carbocycles. The second kappa shape index (κ2) is 7.59. The van der Waals surface area contributed by atoms with Gasteiger partial charge < -0.3 is 10.6 Å². The molecule has 0 radical (unpaired) electrons. The fourth-order valence-electron chi connectivity index (χ4n) is 2.86. The lowest BCUT2D eigenvalue weighted by molar-refractivity contribution is 0.102. The molecule has 2 N–H and O–H groups in total. The molecule has 0 fully saturated rings. The Morgan fingerprint density at radius 3 is 2.62 bits per heavy atom. The standard InChI is InChI=1S/C21H15F2N5O/c1-12-25-18(11-19(26-12)27-14-7-8-15(22)16(23)10-14)21(29)28-17-6-2-4-13-5-3-9-24-20(13)17/h2-11H,1H3,(H,28,29)(H,25,26,27). The molecule has 1 amide bonds. The topological polar surface area (TPSA) is 79.8 Å². The van der Waals surface area contributed by atoms with E-state index >= 15 is 0 Å². The summed E-state index contributed by atoms with van der Waals surface area (Å²) in [5.41, 5.74) is 1.64. The van der Waals surface area contributed by atoms with Gasteiger partial charge in [0.2, 0.25) is 0 Å². The number of nitrogens with zero attached hydrogens (tertiary/aromatic N) is 3. The number of anilines is 3. The number of hydrogen-bond donors (Lipinski definition) is 2. The van der Waals surface area contributed by atoms with Crippen LogP contribution in [0.4, 0.5) is 26.0 Å². The van der Waals surface area contributed by atoms with E-state index in [4.69, 9.17) is 0 Å². The number of halogens is 2. The SMILES string of the molecule is Cc1nc(Nc2ccc(F)c(F)c2)cc(C(=O)Nc2cccc3cccnc23)n1. The van der Waals surface area contributed by atoms with Gasteiger partial charge >= 0.3 is 0 Å². The third kappa shape index (κ3) is 4.01. The molecule has 0 aliphatic rings. The average molecular weight is 391 g/mol. The zero-order chi connectivity index (χ0) is 20.4. The minimum Gasteiger partial charge on any atom is -0.340 e. The first kappa shape index (κ1) is 18.4. The number of aryl methyl sites for hydroxylation is 1. The molecule has 0 atom stereocenters. The van der Waals surface area contributed by atoms with Crippen molar-refractivity contribution in [1.29, 1.82) is 0 Å². The monoisotopic (exact) mass is 391 g/mol. The maximum Gasteiger partial charge on any atom is 0.274 e. The summed E-state index contributed by atoms with van der Waals surface area (Å²) >= 11 is 0. The fraction of sp³-hybridized carbons (Fsp3) is 0.0476. The summed E-state index contributed by atoms with van der Waals surface area (Å²) in [5, 5.41) is 6.55.